The van der Waals surface area contributed by atoms with Crippen LogP contribution in [0.3, 0.4) is 0 Å². The van der Waals surface area contributed by atoms with Crippen LogP contribution in [-0.4, -0.2) is 44.3 Å². The van der Waals surface area contributed by atoms with Crippen LogP contribution in [0.2, 0.25) is 5.02 Å². The molecule has 37 heavy (non-hydrogen) atoms. The van der Waals surface area contributed by atoms with E-state index in [0.717, 1.165) is 27.6 Å². The summed E-state index contributed by atoms with van der Waals surface area (Å²) in [4.78, 5) is 27.7. The van der Waals surface area contributed by atoms with Gasteiger partial charge in [0.1, 0.15) is 18.4 Å². The first-order chi connectivity index (χ1) is 17.5. The van der Waals surface area contributed by atoms with E-state index in [0.29, 0.717) is 6.54 Å². The molecule has 1 atom stereocenters. The number of aryl methyl sites for hydroxylation is 1. The van der Waals surface area contributed by atoms with E-state index in [4.69, 9.17) is 11.6 Å². The Kier molecular flexibility index (Phi) is 9.29. The molecule has 7 nitrogen and oxygen atoms in total. The molecule has 3 aromatic rings. The minimum atomic E-state index is -4.24. The van der Waals surface area contributed by atoms with Gasteiger partial charge in [0, 0.05) is 13.1 Å². The number of hydrogen-bond donors (Lipinski definition) is 1. The molecule has 10 heteroatoms. The second-order valence-electron chi connectivity index (χ2n) is 8.50. The van der Waals surface area contributed by atoms with Crippen molar-refractivity contribution in [3.8, 4) is 0 Å². The van der Waals surface area contributed by atoms with Gasteiger partial charge in [-0.25, -0.2) is 12.8 Å². The van der Waals surface area contributed by atoms with E-state index >= 15 is 0 Å². The maximum Gasteiger partial charge on any atom is 0.264 e. The fourth-order valence-electron chi connectivity index (χ4n) is 3.68. The number of sulfonamides is 1. The molecular formula is C27H29ClFN3O4S. The molecule has 0 saturated carbocycles. The van der Waals surface area contributed by atoms with Crippen LogP contribution in [0.15, 0.2) is 77.7 Å². The molecule has 2 amide bonds. The minimum absolute atomic E-state index is 0.0181. The normalized spacial score (nSPS) is 12.0. The first kappa shape index (κ1) is 28.1. The Bertz CT molecular complexity index is 1350. The summed E-state index contributed by atoms with van der Waals surface area (Å²) in [6, 6.07) is 17.6. The molecule has 3 aromatic carbocycles. The molecule has 3 rings (SSSR count). The lowest BCUT2D eigenvalue weighted by Crippen LogP contribution is -2.51. The quantitative estimate of drug-likeness (QED) is 0.405. The summed E-state index contributed by atoms with van der Waals surface area (Å²) in [5.74, 6) is -1.70. The van der Waals surface area contributed by atoms with Crippen molar-refractivity contribution in [2.24, 2.45) is 0 Å². The molecule has 0 saturated heterocycles. The van der Waals surface area contributed by atoms with Crippen LogP contribution in [0, 0.1) is 12.7 Å². The van der Waals surface area contributed by atoms with Gasteiger partial charge in [0.2, 0.25) is 11.8 Å². The lowest BCUT2D eigenvalue weighted by atomic mass is 10.1. The standard InChI is InChI=1S/C27H29ClFN3O4S/c1-4-30-27(34)20(3)31(17-21-12-10-19(2)11-13-21)26(33)18-32(22-14-15-25(29)24(28)16-22)37(35,36)23-8-6-5-7-9-23/h5-16,20H,4,17-18H2,1-3H3,(H,30,34)/t20-/m1/s1. The Hall–Kier alpha value is -3.43. The molecule has 0 aliphatic rings. The molecule has 1 N–H and O–H groups in total. The maximum absolute atomic E-state index is 13.9. The Morgan fingerprint density at radius 2 is 1.68 bits per heavy atom. The van der Waals surface area contributed by atoms with Crippen molar-refractivity contribution in [3.05, 3.63) is 94.8 Å². The van der Waals surface area contributed by atoms with Gasteiger partial charge in [-0.2, -0.15) is 0 Å². The Balaban J connectivity index is 2.03. The van der Waals surface area contributed by atoms with Crippen LogP contribution in [0.25, 0.3) is 0 Å². The molecule has 0 aliphatic carbocycles. The first-order valence-corrected chi connectivity index (χ1v) is 13.5. The van der Waals surface area contributed by atoms with Gasteiger partial charge in [0.05, 0.1) is 15.6 Å². The fourth-order valence-corrected chi connectivity index (χ4v) is 5.29. The number of hydrogen-bond acceptors (Lipinski definition) is 4. The van der Waals surface area contributed by atoms with Crippen LogP contribution in [0.4, 0.5) is 10.1 Å². The fraction of sp³-hybridized carbons (Fsp3) is 0.259. The largest absolute Gasteiger partial charge is 0.355 e. The van der Waals surface area contributed by atoms with E-state index in [1.807, 2.05) is 31.2 Å². The van der Waals surface area contributed by atoms with E-state index in [1.54, 1.807) is 32.0 Å². The average Bonchev–Trinajstić information content (AvgIpc) is 2.88. The summed E-state index contributed by atoms with van der Waals surface area (Å²) >= 11 is 5.96. The second-order valence-corrected chi connectivity index (χ2v) is 10.8. The highest BCUT2D eigenvalue weighted by atomic mass is 35.5. The van der Waals surface area contributed by atoms with Gasteiger partial charge in [-0.05, 0) is 56.7 Å². The van der Waals surface area contributed by atoms with Crippen molar-refractivity contribution in [1.29, 1.82) is 0 Å². The Labute approximate surface area is 221 Å². The molecule has 0 spiro atoms. The van der Waals surface area contributed by atoms with E-state index in [2.05, 4.69) is 5.32 Å². The van der Waals surface area contributed by atoms with Gasteiger partial charge in [-0.1, -0.05) is 59.6 Å². The van der Waals surface area contributed by atoms with Gasteiger partial charge in [0.25, 0.3) is 10.0 Å². The topological polar surface area (TPSA) is 86.8 Å². The van der Waals surface area contributed by atoms with Crippen LogP contribution < -0.4 is 9.62 Å². The van der Waals surface area contributed by atoms with Crippen LogP contribution in [0.5, 0.6) is 0 Å². The summed E-state index contributed by atoms with van der Waals surface area (Å²) in [5, 5.41) is 2.42. The number of benzene rings is 3. The minimum Gasteiger partial charge on any atom is -0.355 e. The Morgan fingerprint density at radius 3 is 2.27 bits per heavy atom. The lowest BCUT2D eigenvalue weighted by molar-refractivity contribution is -0.139. The van der Waals surface area contributed by atoms with Crippen molar-refractivity contribution in [2.45, 2.75) is 38.3 Å². The highest BCUT2D eigenvalue weighted by Gasteiger charge is 2.32. The van der Waals surface area contributed by atoms with E-state index in [-0.39, 0.29) is 28.1 Å². The van der Waals surface area contributed by atoms with E-state index in [9.17, 15) is 22.4 Å². The van der Waals surface area contributed by atoms with Crippen molar-refractivity contribution in [1.82, 2.24) is 10.2 Å². The third-order valence-electron chi connectivity index (χ3n) is 5.79. The third-order valence-corrected chi connectivity index (χ3v) is 7.87. The zero-order valence-corrected chi connectivity index (χ0v) is 22.4. The number of carbonyl (C=O) groups excluding carboxylic acids is 2. The predicted octanol–water partition coefficient (Wildman–Crippen LogP) is 4.54. The summed E-state index contributed by atoms with van der Waals surface area (Å²) in [7, 11) is -4.24. The smallest absolute Gasteiger partial charge is 0.264 e. The zero-order chi connectivity index (χ0) is 27.2. The van der Waals surface area contributed by atoms with Crippen LogP contribution in [0.1, 0.15) is 25.0 Å². The SMILES string of the molecule is CCNC(=O)[C@@H](C)N(Cc1ccc(C)cc1)C(=O)CN(c1ccc(F)c(Cl)c1)S(=O)(=O)c1ccccc1. The van der Waals surface area contributed by atoms with E-state index in [1.165, 1.54) is 23.1 Å². The zero-order valence-electron chi connectivity index (χ0n) is 20.8. The summed E-state index contributed by atoms with van der Waals surface area (Å²) in [5.41, 5.74) is 1.83. The molecule has 0 heterocycles. The van der Waals surface area contributed by atoms with Crippen LogP contribution in [-0.2, 0) is 26.2 Å². The highest BCUT2D eigenvalue weighted by Crippen LogP contribution is 2.28. The first-order valence-electron chi connectivity index (χ1n) is 11.7. The molecule has 0 bridgehead atoms. The maximum atomic E-state index is 13.9. The third kappa shape index (κ3) is 6.87. The van der Waals surface area contributed by atoms with Gasteiger partial charge in [-0.15, -0.1) is 0 Å². The Morgan fingerprint density at radius 1 is 1.03 bits per heavy atom. The van der Waals surface area contributed by atoms with Crippen molar-refractivity contribution >= 4 is 39.1 Å². The summed E-state index contributed by atoms with van der Waals surface area (Å²) < 4.78 is 42.0. The molecular weight excluding hydrogens is 517 g/mol. The summed E-state index contributed by atoms with van der Waals surface area (Å²) in [6.07, 6.45) is 0. The average molecular weight is 546 g/mol. The summed E-state index contributed by atoms with van der Waals surface area (Å²) in [6.45, 7) is 5.11. The predicted molar refractivity (Wildman–Crippen MR) is 142 cm³/mol. The van der Waals surface area contributed by atoms with E-state index < -0.39 is 34.3 Å². The number of rotatable bonds is 10. The number of amides is 2. The second kappa shape index (κ2) is 12.2. The molecule has 0 fully saturated rings. The monoisotopic (exact) mass is 545 g/mol. The van der Waals surface area contributed by atoms with Gasteiger partial charge in [-0.3, -0.25) is 13.9 Å². The number of likely N-dealkylation sites (N-methyl/N-ethyl adjacent to an activating group) is 1. The van der Waals surface area contributed by atoms with Crippen molar-refractivity contribution in [3.63, 3.8) is 0 Å². The number of carbonyl (C=O) groups is 2. The lowest BCUT2D eigenvalue weighted by Gasteiger charge is -2.32. The number of nitrogens with zero attached hydrogens (tertiary/aromatic N) is 2. The number of anilines is 1. The van der Waals surface area contributed by atoms with Crippen molar-refractivity contribution in [2.75, 3.05) is 17.4 Å². The van der Waals surface area contributed by atoms with Gasteiger partial charge >= 0.3 is 0 Å². The molecule has 0 unspecified atom stereocenters. The molecule has 0 radical (unpaired) electrons. The molecule has 0 aliphatic heterocycles. The number of halogens is 2. The van der Waals surface area contributed by atoms with Crippen LogP contribution >= 0.6 is 11.6 Å². The molecule has 196 valence electrons. The highest BCUT2D eigenvalue weighted by molar-refractivity contribution is 7.92. The van der Waals surface area contributed by atoms with Gasteiger partial charge in [0.15, 0.2) is 0 Å². The number of nitrogens with one attached hydrogen (secondary N) is 1. The van der Waals surface area contributed by atoms with Crippen molar-refractivity contribution < 1.29 is 22.4 Å². The molecule has 0 aromatic heterocycles. The van der Waals surface area contributed by atoms with Gasteiger partial charge < -0.3 is 10.2 Å².